The zero-order valence-corrected chi connectivity index (χ0v) is 13.2. The first-order chi connectivity index (χ1) is 10.6. The minimum absolute atomic E-state index is 0.0129. The Bertz CT molecular complexity index is 831. The molecule has 0 aliphatic heterocycles. The van der Waals surface area contributed by atoms with Gasteiger partial charge < -0.3 is 4.42 Å². The van der Waals surface area contributed by atoms with Crippen molar-refractivity contribution in [3.63, 3.8) is 0 Å². The van der Waals surface area contributed by atoms with E-state index >= 15 is 0 Å². The van der Waals surface area contributed by atoms with Gasteiger partial charge in [-0.2, -0.15) is 0 Å². The quantitative estimate of drug-likeness (QED) is 0.389. The Kier molecular flexibility index (Phi) is 4.11. The molecule has 2 aromatic carbocycles. The molecule has 0 fully saturated rings. The van der Waals surface area contributed by atoms with E-state index in [0.717, 1.165) is 27.8 Å². The number of thioether (sulfide) groups is 1. The number of carbonyl (C=O) groups excluding carboxylic acids is 1. The van der Waals surface area contributed by atoms with Crippen molar-refractivity contribution < 1.29 is 9.21 Å². The molecule has 0 saturated heterocycles. The van der Waals surface area contributed by atoms with Crippen molar-refractivity contribution in [1.29, 1.82) is 0 Å². The molecule has 0 aliphatic carbocycles. The summed E-state index contributed by atoms with van der Waals surface area (Å²) in [5.74, 6) is -0.0129. The van der Waals surface area contributed by atoms with Crippen LogP contribution in [0.15, 0.2) is 63.6 Å². The van der Waals surface area contributed by atoms with Gasteiger partial charge in [-0.3, -0.25) is 4.79 Å². The molecule has 0 unspecified atom stereocenters. The third kappa shape index (κ3) is 3.12. The van der Waals surface area contributed by atoms with Crippen molar-refractivity contribution in [2.24, 2.45) is 0 Å². The Morgan fingerprint density at radius 1 is 1.18 bits per heavy atom. The molecule has 3 nitrogen and oxygen atoms in total. The number of rotatable bonds is 4. The first-order valence-corrected chi connectivity index (χ1v) is 7.82. The lowest BCUT2D eigenvalue weighted by atomic mass is 10.0. The van der Waals surface area contributed by atoms with E-state index in [-0.39, 0.29) is 5.78 Å². The summed E-state index contributed by atoms with van der Waals surface area (Å²) >= 11 is 1.30. The molecule has 0 spiro atoms. The number of hydrogen-bond donors (Lipinski definition) is 0. The summed E-state index contributed by atoms with van der Waals surface area (Å²) in [6.07, 6.45) is 1.55. The monoisotopic (exact) mass is 309 g/mol. The van der Waals surface area contributed by atoms with Gasteiger partial charge in [0, 0.05) is 5.56 Å². The molecule has 22 heavy (non-hydrogen) atoms. The Hall–Kier alpha value is -2.33. The third-order valence-electron chi connectivity index (χ3n) is 3.31. The summed E-state index contributed by atoms with van der Waals surface area (Å²) in [4.78, 5) is 16.5. The van der Waals surface area contributed by atoms with Crippen molar-refractivity contribution in [3.8, 4) is 0 Å². The molecule has 0 radical (unpaired) electrons. The maximum atomic E-state index is 12.2. The number of benzene rings is 2. The highest BCUT2D eigenvalue weighted by Crippen LogP contribution is 2.24. The van der Waals surface area contributed by atoms with Crippen molar-refractivity contribution >= 4 is 28.6 Å². The van der Waals surface area contributed by atoms with Crippen LogP contribution in [0.2, 0.25) is 0 Å². The number of para-hydroxylation sites is 2. The van der Waals surface area contributed by atoms with Gasteiger partial charge in [0.05, 0.1) is 0 Å². The molecular formula is C18H15NO2S. The molecule has 1 aromatic heterocycles. The highest BCUT2D eigenvalue weighted by Gasteiger charge is 2.07. The van der Waals surface area contributed by atoms with E-state index in [9.17, 15) is 4.79 Å². The first kappa shape index (κ1) is 14.6. The molecule has 110 valence electrons. The van der Waals surface area contributed by atoms with E-state index in [0.29, 0.717) is 5.22 Å². The number of allylic oxidation sites excluding steroid dienone is 1. The molecule has 1 heterocycles. The normalized spacial score (nSPS) is 11.4. The molecular weight excluding hydrogens is 294 g/mol. The van der Waals surface area contributed by atoms with Crippen LogP contribution in [0, 0.1) is 13.8 Å². The lowest BCUT2D eigenvalue weighted by Gasteiger charge is -2.02. The number of aryl methyl sites for hydroxylation is 2. The summed E-state index contributed by atoms with van der Waals surface area (Å²) < 4.78 is 5.58. The van der Waals surface area contributed by atoms with Gasteiger partial charge in [-0.05, 0) is 54.8 Å². The van der Waals surface area contributed by atoms with E-state index in [1.807, 2.05) is 56.3 Å². The van der Waals surface area contributed by atoms with E-state index < -0.39 is 0 Å². The minimum atomic E-state index is -0.0129. The van der Waals surface area contributed by atoms with Gasteiger partial charge in [0.25, 0.3) is 5.22 Å². The molecule has 0 N–H and O–H groups in total. The molecule has 4 heteroatoms. The smallest absolute Gasteiger partial charge is 0.261 e. The van der Waals surface area contributed by atoms with Crippen LogP contribution in [0.25, 0.3) is 11.1 Å². The predicted octanol–water partition coefficient (Wildman–Crippen LogP) is 4.93. The standard InChI is InChI=1S/C18H15NO2S/c1-12-7-8-14(13(2)11-12)16(20)9-10-22-18-19-15-5-3-4-6-17(15)21-18/h3-11H,1-2H3. The molecule has 0 aliphatic rings. The Balaban J connectivity index is 1.72. The largest absolute Gasteiger partial charge is 0.431 e. The van der Waals surface area contributed by atoms with Crippen LogP contribution in [0.3, 0.4) is 0 Å². The van der Waals surface area contributed by atoms with E-state index in [4.69, 9.17) is 4.42 Å². The van der Waals surface area contributed by atoms with E-state index in [2.05, 4.69) is 4.98 Å². The molecule has 0 amide bonds. The summed E-state index contributed by atoms with van der Waals surface area (Å²) in [5, 5.41) is 2.25. The minimum Gasteiger partial charge on any atom is -0.431 e. The van der Waals surface area contributed by atoms with Crippen LogP contribution in [-0.4, -0.2) is 10.8 Å². The maximum Gasteiger partial charge on any atom is 0.261 e. The molecule has 0 bridgehead atoms. The number of aromatic nitrogens is 1. The van der Waals surface area contributed by atoms with Crippen molar-refractivity contribution in [1.82, 2.24) is 4.98 Å². The van der Waals surface area contributed by atoms with Crippen LogP contribution >= 0.6 is 11.8 Å². The number of carbonyl (C=O) groups is 1. The maximum absolute atomic E-state index is 12.2. The number of oxazole rings is 1. The van der Waals surface area contributed by atoms with Crippen molar-refractivity contribution in [2.45, 2.75) is 19.1 Å². The molecule has 0 saturated carbocycles. The fourth-order valence-corrected chi connectivity index (χ4v) is 2.83. The second-order valence-electron chi connectivity index (χ2n) is 5.05. The number of fused-ring (bicyclic) bond motifs is 1. The lowest BCUT2D eigenvalue weighted by Crippen LogP contribution is -1.97. The second kappa shape index (κ2) is 6.20. The fourth-order valence-electron chi connectivity index (χ4n) is 2.24. The van der Waals surface area contributed by atoms with E-state index in [1.54, 1.807) is 11.5 Å². The number of hydrogen-bond acceptors (Lipinski definition) is 4. The van der Waals surface area contributed by atoms with Gasteiger partial charge >= 0.3 is 0 Å². The topological polar surface area (TPSA) is 43.1 Å². The first-order valence-electron chi connectivity index (χ1n) is 6.94. The van der Waals surface area contributed by atoms with Crippen LogP contribution in [0.4, 0.5) is 0 Å². The highest BCUT2D eigenvalue weighted by atomic mass is 32.2. The van der Waals surface area contributed by atoms with Crippen LogP contribution in [0.1, 0.15) is 21.5 Å². The van der Waals surface area contributed by atoms with Gasteiger partial charge in [0.1, 0.15) is 5.52 Å². The van der Waals surface area contributed by atoms with Crippen LogP contribution < -0.4 is 0 Å². The molecule has 0 atom stereocenters. The van der Waals surface area contributed by atoms with E-state index in [1.165, 1.54) is 11.8 Å². The Morgan fingerprint density at radius 2 is 2.00 bits per heavy atom. The molecule has 3 aromatic rings. The summed E-state index contributed by atoms with van der Waals surface area (Å²) in [6.45, 7) is 3.96. The number of ketones is 1. The Morgan fingerprint density at radius 3 is 2.77 bits per heavy atom. The van der Waals surface area contributed by atoms with Gasteiger partial charge in [-0.25, -0.2) is 4.98 Å². The fraction of sp³-hybridized carbons (Fsp3) is 0.111. The highest BCUT2D eigenvalue weighted by molar-refractivity contribution is 8.01. The summed E-state index contributed by atoms with van der Waals surface area (Å²) in [5.41, 5.74) is 4.43. The van der Waals surface area contributed by atoms with Gasteiger partial charge in [-0.1, -0.05) is 35.9 Å². The average molecular weight is 309 g/mol. The average Bonchev–Trinajstić information content (AvgIpc) is 2.89. The van der Waals surface area contributed by atoms with Crippen LogP contribution in [-0.2, 0) is 0 Å². The lowest BCUT2D eigenvalue weighted by molar-refractivity contribution is 0.104. The predicted molar refractivity (Wildman–Crippen MR) is 89.3 cm³/mol. The van der Waals surface area contributed by atoms with Gasteiger partial charge in [0.2, 0.25) is 0 Å². The van der Waals surface area contributed by atoms with Crippen molar-refractivity contribution in [2.75, 3.05) is 0 Å². The van der Waals surface area contributed by atoms with Gasteiger partial charge in [0.15, 0.2) is 11.4 Å². The number of nitrogens with zero attached hydrogens (tertiary/aromatic N) is 1. The second-order valence-corrected chi connectivity index (χ2v) is 5.91. The van der Waals surface area contributed by atoms with Crippen LogP contribution in [0.5, 0.6) is 0 Å². The zero-order chi connectivity index (χ0) is 15.5. The van der Waals surface area contributed by atoms with Crippen molar-refractivity contribution in [3.05, 3.63) is 70.6 Å². The SMILES string of the molecule is Cc1ccc(C(=O)C=CSc2nc3ccccc3o2)c(C)c1. The summed E-state index contributed by atoms with van der Waals surface area (Å²) in [6, 6.07) is 13.4. The summed E-state index contributed by atoms with van der Waals surface area (Å²) in [7, 11) is 0. The van der Waals surface area contributed by atoms with Gasteiger partial charge in [-0.15, -0.1) is 0 Å². The Labute approximate surface area is 133 Å². The third-order valence-corrected chi connectivity index (χ3v) is 3.96. The molecule has 3 rings (SSSR count). The zero-order valence-electron chi connectivity index (χ0n) is 12.4.